The van der Waals surface area contributed by atoms with Crippen LogP contribution in [0.15, 0.2) is 34.9 Å². The molecule has 1 aromatic carbocycles. The Morgan fingerprint density at radius 3 is 2.92 bits per heavy atom. The van der Waals surface area contributed by atoms with Crippen molar-refractivity contribution in [3.05, 3.63) is 47.6 Å². The summed E-state index contributed by atoms with van der Waals surface area (Å²) < 4.78 is 10.8. The summed E-state index contributed by atoms with van der Waals surface area (Å²) in [5, 5.41) is 3.98. The monoisotopic (exact) mass is 329 g/mol. The number of rotatable bonds is 6. The fourth-order valence-corrected chi connectivity index (χ4v) is 3.03. The third-order valence-electron chi connectivity index (χ3n) is 4.28. The first kappa shape index (κ1) is 16.6. The summed E-state index contributed by atoms with van der Waals surface area (Å²) in [5.41, 5.74) is 1.11. The molecule has 1 saturated heterocycles. The van der Waals surface area contributed by atoms with Gasteiger partial charge >= 0.3 is 0 Å². The molecule has 2 heterocycles. The third kappa shape index (κ3) is 3.82. The van der Waals surface area contributed by atoms with Crippen LogP contribution in [0.5, 0.6) is 0 Å². The van der Waals surface area contributed by atoms with Gasteiger partial charge in [0.25, 0.3) is 0 Å². The zero-order valence-corrected chi connectivity index (χ0v) is 14.1. The standard InChI is InChI=1S/C18H23N3O3/c1-13(11-23-12-15-7-4-3-5-8-15)18(22)21-10-6-9-16(21)17-19-14(2)24-20-17/h3-5,7-8,13,16H,6,9-12H2,1-2H3/t13-,16+/m1/s1. The molecular weight excluding hydrogens is 306 g/mol. The smallest absolute Gasteiger partial charge is 0.228 e. The van der Waals surface area contributed by atoms with Crippen LogP contribution in [0.25, 0.3) is 0 Å². The summed E-state index contributed by atoms with van der Waals surface area (Å²) in [6.45, 7) is 5.33. The highest BCUT2D eigenvalue weighted by molar-refractivity contribution is 5.79. The van der Waals surface area contributed by atoms with Gasteiger partial charge in [-0.15, -0.1) is 0 Å². The lowest BCUT2D eigenvalue weighted by molar-refractivity contribution is -0.138. The Balaban J connectivity index is 1.54. The van der Waals surface area contributed by atoms with E-state index in [0.717, 1.165) is 24.9 Å². The molecule has 3 rings (SSSR count). The van der Waals surface area contributed by atoms with Crippen molar-refractivity contribution >= 4 is 5.91 Å². The van der Waals surface area contributed by atoms with E-state index < -0.39 is 0 Å². The number of carbonyl (C=O) groups is 1. The fraction of sp³-hybridized carbons (Fsp3) is 0.500. The number of hydrogen-bond donors (Lipinski definition) is 0. The molecule has 128 valence electrons. The zero-order valence-electron chi connectivity index (χ0n) is 14.1. The Morgan fingerprint density at radius 2 is 2.21 bits per heavy atom. The van der Waals surface area contributed by atoms with Gasteiger partial charge in [0.15, 0.2) is 5.82 Å². The van der Waals surface area contributed by atoms with E-state index in [2.05, 4.69) is 10.1 Å². The summed E-state index contributed by atoms with van der Waals surface area (Å²) in [5.74, 6) is 1.04. The van der Waals surface area contributed by atoms with Gasteiger partial charge in [0.05, 0.1) is 25.2 Å². The highest BCUT2D eigenvalue weighted by Gasteiger charge is 2.35. The Bertz CT molecular complexity index is 671. The average molecular weight is 329 g/mol. The van der Waals surface area contributed by atoms with Gasteiger partial charge in [0.2, 0.25) is 11.8 Å². The van der Waals surface area contributed by atoms with Crippen molar-refractivity contribution in [2.45, 2.75) is 39.3 Å². The molecule has 0 radical (unpaired) electrons. The molecule has 2 aromatic rings. The second kappa shape index (κ2) is 7.57. The van der Waals surface area contributed by atoms with E-state index in [1.165, 1.54) is 0 Å². The minimum absolute atomic E-state index is 0.0773. The summed E-state index contributed by atoms with van der Waals surface area (Å²) in [4.78, 5) is 18.9. The van der Waals surface area contributed by atoms with Crippen molar-refractivity contribution in [1.29, 1.82) is 0 Å². The summed E-state index contributed by atoms with van der Waals surface area (Å²) in [6, 6.07) is 9.89. The van der Waals surface area contributed by atoms with Gasteiger partial charge in [-0.25, -0.2) is 0 Å². The van der Waals surface area contributed by atoms with Crippen LogP contribution in [0.2, 0.25) is 0 Å². The predicted molar refractivity (Wildman–Crippen MR) is 88.0 cm³/mol. The molecule has 1 aliphatic rings. The maximum Gasteiger partial charge on any atom is 0.228 e. The van der Waals surface area contributed by atoms with Gasteiger partial charge in [-0.3, -0.25) is 4.79 Å². The number of hydrogen-bond acceptors (Lipinski definition) is 5. The normalized spacial score (nSPS) is 18.8. The van der Waals surface area contributed by atoms with E-state index in [0.29, 0.717) is 24.9 Å². The lowest BCUT2D eigenvalue weighted by Crippen LogP contribution is -2.36. The van der Waals surface area contributed by atoms with Crippen molar-refractivity contribution in [3.63, 3.8) is 0 Å². The molecular formula is C18H23N3O3. The quantitative estimate of drug-likeness (QED) is 0.815. The van der Waals surface area contributed by atoms with Crippen molar-refractivity contribution < 1.29 is 14.1 Å². The van der Waals surface area contributed by atoms with Crippen LogP contribution in [-0.2, 0) is 16.1 Å². The van der Waals surface area contributed by atoms with E-state index in [-0.39, 0.29) is 17.9 Å². The molecule has 1 aromatic heterocycles. The summed E-state index contributed by atoms with van der Waals surface area (Å²) >= 11 is 0. The van der Waals surface area contributed by atoms with Crippen LogP contribution in [-0.4, -0.2) is 34.1 Å². The summed E-state index contributed by atoms with van der Waals surface area (Å²) in [6.07, 6.45) is 1.84. The third-order valence-corrected chi connectivity index (χ3v) is 4.28. The Labute approximate surface area is 141 Å². The molecule has 1 aliphatic heterocycles. The highest BCUT2D eigenvalue weighted by atomic mass is 16.5. The zero-order chi connectivity index (χ0) is 16.9. The Kier molecular flexibility index (Phi) is 5.25. The molecule has 0 unspecified atom stereocenters. The number of benzene rings is 1. The molecule has 0 aliphatic carbocycles. The first-order chi connectivity index (χ1) is 11.6. The van der Waals surface area contributed by atoms with E-state index in [1.54, 1.807) is 6.92 Å². The highest BCUT2D eigenvalue weighted by Crippen LogP contribution is 2.31. The van der Waals surface area contributed by atoms with E-state index >= 15 is 0 Å². The molecule has 1 fully saturated rings. The van der Waals surface area contributed by atoms with Gasteiger partial charge in [-0.1, -0.05) is 42.4 Å². The van der Waals surface area contributed by atoms with Gasteiger partial charge in [-0.05, 0) is 18.4 Å². The Hall–Kier alpha value is -2.21. The molecule has 0 saturated carbocycles. The van der Waals surface area contributed by atoms with Crippen molar-refractivity contribution in [2.24, 2.45) is 5.92 Å². The number of amides is 1. The molecule has 0 N–H and O–H groups in total. The minimum atomic E-state index is -0.192. The lowest BCUT2D eigenvalue weighted by atomic mass is 10.1. The number of aromatic nitrogens is 2. The lowest BCUT2D eigenvalue weighted by Gasteiger charge is -2.25. The molecule has 6 heteroatoms. The van der Waals surface area contributed by atoms with Gasteiger partial charge in [0, 0.05) is 13.5 Å². The molecule has 0 spiro atoms. The van der Waals surface area contributed by atoms with Crippen molar-refractivity contribution in [3.8, 4) is 0 Å². The number of likely N-dealkylation sites (tertiary alicyclic amines) is 1. The van der Waals surface area contributed by atoms with Crippen LogP contribution in [0.1, 0.15) is 43.1 Å². The first-order valence-electron chi connectivity index (χ1n) is 8.37. The van der Waals surface area contributed by atoms with Gasteiger partial charge in [0.1, 0.15) is 0 Å². The average Bonchev–Trinajstić information content (AvgIpc) is 3.23. The van der Waals surface area contributed by atoms with E-state index in [9.17, 15) is 4.79 Å². The maximum atomic E-state index is 12.7. The SMILES string of the molecule is Cc1nc([C@@H]2CCCN2C(=O)[C@H](C)COCc2ccccc2)no1. The molecule has 0 bridgehead atoms. The number of aryl methyl sites for hydroxylation is 1. The van der Waals surface area contributed by atoms with Crippen LogP contribution in [0, 0.1) is 12.8 Å². The van der Waals surface area contributed by atoms with Crippen LogP contribution < -0.4 is 0 Å². The predicted octanol–water partition coefficient (Wildman–Crippen LogP) is 2.89. The maximum absolute atomic E-state index is 12.7. The van der Waals surface area contributed by atoms with E-state index in [1.807, 2.05) is 42.2 Å². The van der Waals surface area contributed by atoms with Crippen LogP contribution in [0.3, 0.4) is 0 Å². The van der Waals surface area contributed by atoms with Crippen molar-refractivity contribution in [1.82, 2.24) is 15.0 Å². The van der Waals surface area contributed by atoms with Crippen LogP contribution >= 0.6 is 0 Å². The Morgan fingerprint density at radius 1 is 1.42 bits per heavy atom. The van der Waals surface area contributed by atoms with Crippen LogP contribution in [0.4, 0.5) is 0 Å². The molecule has 24 heavy (non-hydrogen) atoms. The van der Waals surface area contributed by atoms with E-state index in [4.69, 9.17) is 9.26 Å². The van der Waals surface area contributed by atoms with Gasteiger partial charge in [-0.2, -0.15) is 4.98 Å². The summed E-state index contributed by atoms with van der Waals surface area (Å²) in [7, 11) is 0. The topological polar surface area (TPSA) is 68.5 Å². The second-order valence-corrected chi connectivity index (χ2v) is 6.26. The first-order valence-corrected chi connectivity index (χ1v) is 8.37. The molecule has 1 amide bonds. The van der Waals surface area contributed by atoms with Crippen molar-refractivity contribution in [2.75, 3.05) is 13.2 Å². The van der Waals surface area contributed by atoms with Gasteiger partial charge < -0.3 is 14.2 Å². The fourth-order valence-electron chi connectivity index (χ4n) is 3.03. The number of ether oxygens (including phenoxy) is 1. The number of carbonyl (C=O) groups excluding carboxylic acids is 1. The molecule has 2 atom stereocenters. The number of nitrogens with zero attached hydrogens (tertiary/aromatic N) is 3. The second-order valence-electron chi connectivity index (χ2n) is 6.26. The minimum Gasteiger partial charge on any atom is -0.376 e. The largest absolute Gasteiger partial charge is 0.376 e. The molecule has 6 nitrogen and oxygen atoms in total.